The second-order valence-corrected chi connectivity index (χ2v) is 12.2. The maximum absolute atomic E-state index is 15.3. The summed E-state index contributed by atoms with van der Waals surface area (Å²) in [7, 11) is 0. The first-order chi connectivity index (χ1) is 21.5. The van der Waals surface area contributed by atoms with E-state index in [1.54, 1.807) is 18.2 Å². The first-order valence-electron chi connectivity index (χ1n) is 14.5. The van der Waals surface area contributed by atoms with Crippen LogP contribution in [0.1, 0.15) is 38.8 Å². The molecule has 11 heteroatoms. The van der Waals surface area contributed by atoms with Gasteiger partial charge in [-0.15, -0.1) is 0 Å². The summed E-state index contributed by atoms with van der Waals surface area (Å²) in [6.07, 6.45) is 0. The van der Waals surface area contributed by atoms with Gasteiger partial charge < -0.3 is 25.3 Å². The topological polar surface area (TPSA) is 138 Å². The SMILES string of the molecule is CC(C)NC(=N)c1ccc2nc(-c3ccc(Oc4ccc(-c5nc6ccc(C(=N)NC(C)C)cc6[nH]5)c(F)c4)c(Br)c3)[nH]c2c1. The van der Waals surface area contributed by atoms with Gasteiger partial charge in [-0.1, -0.05) is 0 Å². The molecule has 6 N–H and O–H groups in total. The lowest BCUT2D eigenvalue weighted by atomic mass is 10.1. The van der Waals surface area contributed by atoms with E-state index in [2.05, 4.69) is 41.5 Å². The van der Waals surface area contributed by atoms with Crippen molar-refractivity contribution in [2.75, 3.05) is 0 Å². The van der Waals surface area contributed by atoms with E-state index in [-0.39, 0.29) is 12.1 Å². The highest BCUT2D eigenvalue weighted by Crippen LogP contribution is 2.35. The zero-order chi connectivity index (χ0) is 31.8. The van der Waals surface area contributed by atoms with E-state index in [0.717, 1.165) is 27.7 Å². The molecule has 0 saturated heterocycles. The predicted molar refractivity (Wildman–Crippen MR) is 181 cm³/mol. The van der Waals surface area contributed by atoms with Crippen molar-refractivity contribution < 1.29 is 9.13 Å². The third kappa shape index (κ3) is 6.44. The van der Waals surface area contributed by atoms with Gasteiger partial charge in [0.1, 0.15) is 40.6 Å². The van der Waals surface area contributed by atoms with Gasteiger partial charge in [0.15, 0.2) is 0 Å². The van der Waals surface area contributed by atoms with Crippen molar-refractivity contribution in [2.45, 2.75) is 39.8 Å². The highest BCUT2D eigenvalue weighted by Gasteiger charge is 2.15. The van der Waals surface area contributed by atoms with Crippen LogP contribution in [0.5, 0.6) is 11.5 Å². The largest absolute Gasteiger partial charge is 0.456 e. The highest BCUT2D eigenvalue weighted by atomic mass is 79.9. The van der Waals surface area contributed by atoms with E-state index in [9.17, 15) is 0 Å². The molecule has 6 rings (SSSR count). The second-order valence-electron chi connectivity index (χ2n) is 11.4. The standard InChI is InChI=1S/C34H32BrFN8O/c1-17(2)39-31(37)19-5-10-26-28(14-19)43-33(41-26)21-7-12-30(24(35)13-21)45-22-8-9-23(25(36)16-22)34-42-27-11-6-20(15-29(27)44-34)32(38)40-18(3)4/h5-18H,1-4H3,(H2,37,39)(H2,38,40)(H,41,43)(H,42,44). The first kappa shape index (κ1) is 30.0. The van der Waals surface area contributed by atoms with Gasteiger partial charge >= 0.3 is 0 Å². The Kier molecular flexibility index (Phi) is 8.11. The van der Waals surface area contributed by atoms with Crippen LogP contribution in [-0.2, 0) is 0 Å². The Morgan fingerprint density at radius 3 is 1.89 bits per heavy atom. The highest BCUT2D eigenvalue weighted by molar-refractivity contribution is 9.10. The molecular formula is C34H32BrFN8O. The van der Waals surface area contributed by atoms with E-state index < -0.39 is 5.82 Å². The van der Waals surface area contributed by atoms with Gasteiger partial charge in [-0.05, 0) is 110 Å². The maximum atomic E-state index is 15.3. The molecule has 45 heavy (non-hydrogen) atoms. The molecule has 228 valence electrons. The van der Waals surface area contributed by atoms with Crippen molar-refractivity contribution >= 4 is 49.7 Å². The zero-order valence-corrected chi connectivity index (χ0v) is 26.7. The lowest BCUT2D eigenvalue weighted by Crippen LogP contribution is -2.30. The van der Waals surface area contributed by atoms with E-state index in [1.165, 1.54) is 6.07 Å². The van der Waals surface area contributed by atoms with Crippen LogP contribution in [0.2, 0.25) is 0 Å². The van der Waals surface area contributed by atoms with Crippen LogP contribution in [0.3, 0.4) is 0 Å². The quantitative estimate of drug-likeness (QED) is 0.0720. The van der Waals surface area contributed by atoms with E-state index in [4.69, 9.17) is 20.5 Å². The number of aromatic amines is 2. The molecule has 0 radical (unpaired) electrons. The fourth-order valence-electron chi connectivity index (χ4n) is 4.95. The van der Waals surface area contributed by atoms with Crippen LogP contribution in [0.25, 0.3) is 44.8 Å². The van der Waals surface area contributed by atoms with E-state index >= 15 is 4.39 Å². The minimum atomic E-state index is -0.480. The summed E-state index contributed by atoms with van der Waals surface area (Å²) in [6, 6.07) is 21.7. The third-order valence-corrected chi connectivity index (χ3v) is 7.66. The fourth-order valence-corrected chi connectivity index (χ4v) is 5.41. The summed E-state index contributed by atoms with van der Waals surface area (Å²) in [4.78, 5) is 15.8. The fraction of sp³-hybridized carbons (Fsp3) is 0.176. The summed E-state index contributed by atoms with van der Waals surface area (Å²) >= 11 is 3.59. The number of imidazole rings is 2. The summed E-state index contributed by atoms with van der Waals surface area (Å²) in [5.74, 6) is 2.13. The number of fused-ring (bicyclic) bond motifs is 2. The molecular weight excluding hydrogens is 635 g/mol. The summed E-state index contributed by atoms with van der Waals surface area (Å²) < 4.78 is 22.0. The molecule has 0 saturated carbocycles. The number of hydrogen-bond donors (Lipinski definition) is 6. The van der Waals surface area contributed by atoms with Gasteiger partial charge in [-0.3, -0.25) is 10.8 Å². The average molecular weight is 668 g/mol. The molecule has 4 aromatic carbocycles. The molecule has 0 amide bonds. The van der Waals surface area contributed by atoms with Crippen molar-refractivity contribution in [3.05, 3.63) is 94.2 Å². The summed E-state index contributed by atoms with van der Waals surface area (Å²) in [6.45, 7) is 7.95. The third-order valence-electron chi connectivity index (χ3n) is 7.04. The number of halogens is 2. The van der Waals surface area contributed by atoms with Crippen LogP contribution in [0.4, 0.5) is 4.39 Å². The molecule has 0 bridgehead atoms. The van der Waals surface area contributed by atoms with Gasteiger partial charge in [-0.25, -0.2) is 14.4 Å². The van der Waals surface area contributed by atoms with Crippen LogP contribution in [0.15, 0.2) is 77.3 Å². The lowest BCUT2D eigenvalue weighted by molar-refractivity contribution is 0.474. The molecule has 0 aliphatic carbocycles. The maximum Gasteiger partial charge on any atom is 0.141 e. The van der Waals surface area contributed by atoms with Crippen LogP contribution in [-0.4, -0.2) is 43.7 Å². The van der Waals surface area contributed by atoms with E-state index in [1.807, 2.05) is 76.2 Å². The van der Waals surface area contributed by atoms with Crippen molar-refractivity contribution in [3.8, 4) is 34.3 Å². The molecule has 9 nitrogen and oxygen atoms in total. The Labute approximate surface area is 267 Å². The minimum absolute atomic E-state index is 0.138. The number of benzene rings is 4. The van der Waals surface area contributed by atoms with Crippen LogP contribution < -0.4 is 15.4 Å². The number of H-pyrrole nitrogens is 2. The predicted octanol–water partition coefficient (Wildman–Crippen LogP) is 8.11. The van der Waals surface area contributed by atoms with Crippen molar-refractivity contribution in [2.24, 2.45) is 0 Å². The second kappa shape index (κ2) is 12.2. The van der Waals surface area contributed by atoms with Gasteiger partial charge in [-0.2, -0.15) is 0 Å². The smallest absolute Gasteiger partial charge is 0.141 e. The molecule has 0 fully saturated rings. The number of hydrogen-bond acceptors (Lipinski definition) is 5. The summed E-state index contributed by atoms with van der Waals surface area (Å²) in [5.41, 5.74) is 5.68. The number of rotatable bonds is 8. The van der Waals surface area contributed by atoms with Crippen LogP contribution >= 0.6 is 15.9 Å². The number of amidine groups is 2. The molecule has 2 aromatic heterocycles. The Morgan fingerprint density at radius 2 is 1.33 bits per heavy atom. The number of nitrogens with one attached hydrogen (secondary N) is 6. The number of ether oxygens (including phenoxy) is 1. The first-order valence-corrected chi connectivity index (χ1v) is 15.3. The minimum Gasteiger partial charge on any atom is -0.456 e. The Hall–Kier alpha value is -5.03. The van der Waals surface area contributed by atoms with Crippen molar-refractivity contribution in [1.29, 1.82) is 10.8 Å². The molecule has 0 spiro atoms. The van der Waals surface area contributed by atoms with Gasteiger partial charge in [0.25, 0.3) is 0 Å². The summed E-state index contributed by atoms with van der Waals surface area (Å²) in [5, 5.41) is 22.7. The zero-order valence-electron chi connectivity index (χ0n) is 25.1. The Balaban J connectivity index is 1.19. The lowest BCUT2D eigenvalue weighted by Gasteiger charge is -2.10. The van der Waals surface area contributed by atoms with Gasteiger partial charge in [0.2, 0.25) is 0 Å². The number of nitrogens with zero attached hydrogens (tertiary/aromatic N) is 2. The molecule has 0 aliphatic heterocycles. The molecule has 0 aliphatic rings. The van der Waals surface area contributed by atoms with Crippen molar-refractivity contribution in [3.63, 3.8) is 0 Å². The monoisotopic (exact) mass is 666 g/mol. The van der Waals surface area contributed by atoms with Crippen molar-refractivity contribution in [1.82, 2.24) is 30.6 Å². The Morgan fingerprint density at radius 1 is 0.756 bits per heavy atom. The van der Waals surface area contributed by atoms with Crippen LogP contribution in [0, 0.1) is 16.6 Å². The van der Waals surface area contributed by atoms with E-state index in [0.29, 0.717) is 55.9 Å². The average Bonchev–Trinajstić information content (AvgIpc) is 3.61. The molecule has 2 heterocycles. The normalized spacial score (nSPS) is 11.5. The Bertz CT molecular complexity index is 2080. The molecule has 0 atom stereocenters. The van der Waals surface area contributed by atoms with Gasteiger partial charge in [0.05, 0.1) is 32.1 Å². The molecule has 0 unspecified atom stereocenters. The van der Waals surface area contributed by atoms with Gasteiger partial charge in [0, 0.05) is 34.8 Å². The number of aromatic nitrogens is 4. The molecule has 6 aromatic rings.